The maximum absolute atomic E-state index is 12.0. The molecule has 6 nitrogen and oxygen atoms in total. The Labute approximate surface area is 130 Å². The van der Waals surface area contributed by atoms with Crippen LogP contribution >= 0.6 is 0 Å². The van der Waals surface area contributed by atoms with E-state index in [1.165, 1.54) is 6.07 Å². The molecule has 0 bridgehead atoms. The van der Waals surface area contributed by atoms with Crippen LogP contribution in [-0.4, -0.2) is 44.5 Å². The molecule has 1 aromatic rings. The minimum Gasteiger partial charge on any atom is -0.478 e. The summed E-state index contributed by atoms with van der Waals surface area (Å²) in [4.78, 5) is 11.1. The summed E-state index contributed by atoms with van der Waals surface area (Å²) in [5.41, 5.74) is 0.823. The number of sulfonamides is 1. The Bertz CT molecular complexity index is 608. The number of carboxylic acids is 1. The van der Waals surface area contributed by atoms with Crippen LogP contribution in [0.15, 0.2) is 24.3 Å². The van der Waals surface area contributed by atoms with Crippen molar-refractivity contribution in [2.75, 3.05) is 18.9 Å². The summed E-state index contributed by atoms with van der Waals surface area (Å²) in [5.74, 6) is -1.04. The first-order valence-corrected chi connectivity index (χ1v) is 9.03. The van der Waals surface area contributed by atoms with Gasteiger partial charge in [0.1, 0.15) is 0 Å². The van der Waals surface area contributed by atoms with E-state index in [-0.39, 0.29) is 24.0 Å². The van der Waals surface area contributed by atoms with Gasteiger partial charge in [-0.2, -0.15) is 0 Å². The number of carboxylic acid groups (broad SMARTS) is 1. The lowest BCUT2D eigenvalue weighted by Crippen LogP contribution is -2.36. The van der Waals surface area contributed by atoms with Crippen LogP contribution in [0.25, 0.3) is 0 Å². The Balaban J connectivity index is 1.86. The molecule has 1 aliphatic heterocycles. The van der Waals surface area contributed by atoms with Crippen LogP contribution in [0.1, 0.15) is 35.2 Å². The standard InChI is InChI=1S/C15H21NO5S/c17-15(18)14-7-2-1-5-12(14)8-9-16-22(19,20)11-13-6-3-4-10-21-13/h1-2,5,7,13,16H,3-4,6,8-11H2,(H,17,18). The van der Waals surface area contributed by atoms with Crippen LogP contribution in [0.5, 0.6) is 0 Å². The Kier molecular flexibility index (Phi) is 5.93. The van der Waals surface area contributed by atoms with Crippen molar-refractivity contribution in [2.24, 2.45) is 0 Å². The first kappa shape index (κ1) is 16.9. The molecule has 0 spiro atoms. The van der Waals surface area contributed by atoms with Gasteiger partial charge in [0.05, 0.1) is 17.4 Å². The average molecular weight is 327 g/mol. The minimum atomic E-state index is -3.41. The summed E-state index contributed by atoms with van der Waals surface area (Å²) in [6.07, 6.45) is 2.84. The fraction of sp³-hybridized carbons (Fsp3) is 0.533. The Morgan fingerprint density at radius 1 is 1.32 bits per heavy atom. The number of hydrogen-bond donors (Lipinski definition) is 2. The Hall–Kier alpha value is -1.44. The molecule has 2 N–H and O–H groups in total. The van der Waals surface area contributed by atoms with E-state index in [2.05, 4.69) is 4.72 Å². The first-order chi connectivity index (χ1) is 10.5. The van der Waals surface area contributed by atoms with Crippen LogP contribution in [0.4, 0.5) is 0 Å². The van der Waals surface area contributed by atoms with Crippen molar-refractivity contribution in [1.82, 2.24) is 4.72 Å². The molecule has 1 aromatic carbocycles. The number of aromatic carboxylic acids is 1. The molecule has 1 fully saturated rings. The largest absolute Gasteiger partial charge is 0.478 e. The van der Waals surface area contributed by atoms with E-state index in [1.807, 2.05) is 0 Å². The second-order valence-electron chi connectivity index (χ2n) is 5.38. The molecule has 0 aliphatic carbocycles. The van der Waals surface area contributed by atoms with Gasteiger partial charge in [-0.15, -0.1) is 0 Å². The number of nitrogens with one attached hydrogen (secondary N) is 1. The third-order valence-corrected chi connectivity index (χ3v) is 5.10. The third-order valence-electron chi connectivity index (χ3n) is 3.64. The molecule has 0 radical (unpaired) electrons. The summed E-state index contributed by atoms with van der Waals surface area (Å²) in [5, 5.41) is 9.09. The van der Waals surface area contributed by atoms with Gasteiger partial charge in [-0.3, -0.25) is 0 Å². The van der Waals surface area contributed by atoms with Crippen LogP contribution in [0, 0.1) is 0 Å². The highest BCUT2D eigenvalue weighted by Crippen LogP contribution is 2.14. The SMILES string of the molecule is O=C(O)c1ccccc1CCNS(=O)(=O)CC1CCCCO1. The predicted octanol–water partition coefficient (Wildman–Crippen LogP) is 1.42. The van der Waals surface area contributed by atoms with Crippen molar-refractivity contribution in [1.29, 1.82) is 0 Å². The second-order valence-corrected chi connectivity index (χ2v) is 7.23. The Morgan fingerprint density at radius 2 is 2.09 bits per heavy atom. The first-order valence-electron chi connectivity index (χ1n) is 7.38. The summed E-state index contributed by atoms with van der Waals surface area (Å²) in [6.45, 7) is 0.797. The number of rotatable bonds is 7. The van der Waals surface area contributed by atoms with Gasteiger partial charge in [-0.05, 0) is 37.3 Å². The summed E-state index contributed by atoms with van der Waals surface area (Å²) < 4.78 is 32.0. The minimum absolute atomic E-state index is 0.0341. The molecule has 1 aliphatic rings. The highest BCUT2D eigenvalue weighted by molar-refractivity contribution is 7.89. The molecule has 1 saturated heterocycles. The molecule has 22 heavy (non-hydrogen) atoms. The van der Waals surface area contributed by atoms with Gasteiger partial charge in [0.2, 0.25) is 10.0 Å². The topological polar surface area (TPSA) is 92.7 Å². The molecular weight excluding hydrogens is 306 g/mol. The van der Waals surface area contributed by atoms with Gasteiger partial charge in [0.25, 0.3) is 0 Å². The molecule has 7 heteroatoms. The van der Waals surface area contributed by atoms with E-state index in [1.54, 1.807) is 18.2 Å². The van der Waals surface area contributed by atoms with Gasteiger partial charge in [0.15, 0.2) is 0 Å². The van der Waals surface area contributed by atoms with Crippen molar-refractivity contribution < 1.29 is 23.1 Å². The predicted molar refractivity (Wildman–Crippen MR) is 82.5 cm³/mol. The van der Waals surface area contributed by atoms with Gasteiger partial charge in [0, 0.05) is 13.2 Å². The number of carbonyl (C=O) groups is 1. The van der Waals surface area contributed by atoms with E-state index < -0.39 is 16.0 Å². The molecule has 1 unspecified atom stereocenters. The molecule has 0 aromatic heterocycles. The molecule has 0 amide bonds. The average Bonchev–Trinajstić information content (AvgIpc) is 2.48. The van der Waals surface area contributed by atoms with Crippen molar-refractivity contribution >= 4 is 16.0 Å². The summed E-state index contributed by atoms with van der Waals surface area (Å²) in [7, 11) is -3.41. The van der Waals surface area contributed by atoms with Crippen molar-refractivity contribution in [2.45, 2.75) is 31.8 Å². The van der Waals surface area contributed by atoms with Crippen LogP contribution in [0.2, 0.25) is 0 Å². The maximum Gasteiger partial charge on any atom is 0.335 e. The van der Waals surface area contributed by atoms with E-state index in [0.717, 1.165) is 19.3 Å². The van der Waals surface area contributed by atoms with Gasteiger partial charge in [-0.1, -0.05) is 18.2 Å². The lowest BCUT2D eigenvalue weighted by molar-refractivity contribution is 0.0304. The normalized spacial score (nSPS) is 19.0. The lowest BCUT2D eigenvalue weighted by Gasteiger charge is -2.22. The van der Waals surface area contributed by atoms with E-state index in [9.17, 15) is 13.2 Å². The van der Waals surface area contributed by atoms with Gasteiger partial charge >= 0.3 is 5.97 Å². The Morgan fingerprint density at radius 3 is 2.77 bits per heavy atom. The number of ether oxygens (including phenoxy) is 1. The molecule has 122 valence electrons. The van der Waals surface area contributed by atoms with Crippen LogP contribution < -0.4 is 4.72 Å². The second kappa shape index (κ2) is 7.71. The zero-order valence-electron chi connectivity index (χ0n) is 12.3. The molecular formula is C15H21NO5S. The van der Waals surface area contributed by atoms with E-state index >= 15 is 0 Å². The van der Waals surface area contributed by atoms with Crippen LogP contribution in [0.3, 0.4) is 0 Å². The monoisotopic (exact) mass is 327 g/mol. The zero-order valence-corrected chi connectivity index (χ0v) is 13.1. The van der Waals surface area contributed by atoms with Gasteiger partial charge < -0.3 is 9.84 Å². The summed E-state index contributed by atoms with van der Waals surface area (Å²) >= 11 is 0. The maximum atomic E-state index is 12.0. The van der Waals surface area contributed by atoms with Gasteiger partial charge in [-0.25, -0.2) is 17.9 Å². The summed E-state index contributed by atoms with van der Waals surface area (Å²) in [6, 6.07) is 6.60. The van der Waals surface area contributed by atoms with Crippen molar-refractivity contribution in [3.8, 4) is 0 Å². The quantitative estimate of drug-likeness (QED) is 0.790. The molecule has 1 heterocycles. The number of benzene rings is 1. The molecule has 1 atom stereocenters. The van der Waals surface area contributed by atoms with Crippen molar-refractivity contribution in [3.63, 3.8) is 0 Å². The fourth-order valence-corrected chi connectivity index (χ4v) is 3.81. The van der Waals surface area contributed by atoms with Crippen molar-refractivity contribution in [3.05, 3.63) is 35.4 Å². The van der Waals surface area contributed by atoms with E-state index in [4.69, 9.17) is 9.84 Å². The highest BCUT2D eigenvalue weighted by atomic mass is 32.2. The van der Waals surface area contributed by atoms with Crippen LogP contribution in [-0.2, 0) is 21.2 Å². The zero-order chi connectivity index (χ0) is 16.0. The molecule has 0 saturated carbocycles. The molecule has 2 rings (SSSR count). The smallest absolute Gasteiger partial charge is 0.335 e. The fourth-order valence-electron chi connectivity index (χ4n) is 2.53. The third kappa shape index (κ3) is 5.08. The number of hydrogen-bond acceptors (Lipinski definition) is 4. The highest BCUT2D eigenvalue weighted by Gasteiger charge is 2.21. The lowest BCUT2D eigenvalue weighted by atomic mass is 10.1. The van der Waals surface area contributed by atoms with E-state index in [0.29, 0.717) is 18.6 Å².